The first-order valence-corrected chi connectivity index (χ1v) is 5.31. The van der Waals surface area contributed by atoms with Gasteiger partial charge in [0.2, 0.25) is 0 Å². The minimum absolute atomic E-state index is 0.214. The lowest BCUT2D eigenvalue weighted by molar-refractivity contribution is -0.109. The molecule has 1 aromatic rings. The Kier molecular flexibility index (Phi) is 2.35. The number of carbonyl (C=O) groups excluding carboxylic acids is 1. The fraction of sp³-hybridized carbons (Fsp3) is 0.364. The second kappa shape index (κ2) is 3.39. The molecule has 3 heteroatoms. The molecule has 1 aliphatic rings. The Labute approximate surface area is 91.4 Å². The van der Waals surface area contributed by atoms with Gasteiger partial charge in [0.1, 0.15) is 12.0 Å². The van der Waals surface area contributed by atoms with E-state index in [0.29, 0.717) is 0 Å². The fourth-order valence-corrected chi connectivity index (χ4v) is 1.99. The number of halogens is 1. The third kappa shape index (κ3) is 1.46. The number of methoxy groups -OCH3 is 1. The van der Waals surface area contributed by atoms with E-state index in [9.17, 15) is 4.79 Å². The first-order chi connectivity index (χ1) is 6.72. The molecular weight excluding hydrogens is 244 g/mol. The number of ether oxygens (including phenoxy) is 1. The summed E-state index contributed by atoms with van der Waals surface area (Å²) < 4.78 is 6.11. The summed E-state index contributed by atoms with van der Waals surface area (Å²) in [6, 6.07) is 5.84. The van der Waals surface area contributed by atoms with Crippen molar-refractivity contribution in [3.8, 4) is 5.75 Å². The van der Waals surface area contributed by atoms with Crippen LogP contribution >= 0.6 is 15.9 Å². The maximum atomic E-state index is 10.9. The maximum absolute atomic E-state index is 10.9. The van der Waals surface area contributed by atoms with Gasteiger partial charge in [0, 0.05) is 0 Å². The summed E-state index contributed by atoms with van der Waals surface area (Å²) in [5.41, 5.74) is 0.848. The topological polar surface area (TPSA) is 26.3 Å². The van der Waals surface area contributed by atoms with Crippen LogP contribution in [-0.4, -0.2) is 13.4 Å². The van der Waals surface area contributed by atoms with Gasteiger partial charge in [-0.3, -0.25) is 0 Å². The number of carbonyl (C=O) groups is 1. The van der Waals surface area contributed by atoms with Gasteiger partial charge < -0.3 is 9.53 Å². The molecule has 0 atom stereocenters. The van der Waals surface area contributed by atoms with Crippen LogP contribution in [0.2, 0.25) is 0 Å². The zero-order valence-corrected chi connectivity index (χ0v) is 9.50. The lowest BCUT2D eigenvalue weighted by Gasteiger charge is -2.10. The third-order valence-electron chi connectivity index (χ3n) is 2.74. The zero-order valence-electron chi connectivity index (χ0n) is 7.92. The van der Waals surface area contributed by atoms with E-state index in [2.05, 4.69) is 15.9 Å². The summed E-state index contributed by atoms with van der Waals surface area (Å²) in [5, 5.41) is 0. The minimum atomic E-state index is -0.214. The molecule has 1 aromatic carbocycles. The smallest absolute Gasteiger partial charge is 0.133 e. The molecule has 0 heterocycles. The molecule has 0 amide bonds. The Morgan fingerprint density at radius 2 is 2.21 bits per heavy atom. The van der Waals surface area contributed by atoms with Gasteiger partial charge in [-0.25, -0.2) is 0 Å². The normalized spacial score (nSPS) is 17.6. The highest BCUT2D eigenvalue weighted by atomic mass is 79.9. The van der Waals surface area contributed by atoms with Crippen molar-refractivity contribution in [1.29, 1.82) is 0 Å². The molecule has 1 saturated carbocycles. The van der Waals surface area contributed by atoms with E-state index in [-0.39, 0.29) is 5.41 Å². The molecule has 0 unspecified atom stereocenters. The second-order valence-electron chi connectivity index (χ2n) is 3.62. The van der Waals surface area contributed by atoms with Gasteiger partial charge in [0.15, 0.2) is 0 Å². The van der Waals surface area contributed by atoms with E-state index in [1.54, 1.807) is 7.11 Å². The molecule has 0 radical (unpaired) electrons. The Morgan fingerprint density at radius 3 is 2.71 bits per heavy atom. The molecule has 0 saturated heterocycles. The van der Waals surface area contributed by atoms with Crippen LogP contribution in [0.3, 0.4) is 0 Å². The largest absolute Gasteiger partial charge is 0.496 e. The highest BCUT2D eigenvalue weighted by molar-refractivity contribution is 9.10. The van der Waals surface area contributed by atoms with Gasteiger partial charge in [-0.05, 0) is 46.5 Å². The Morgan fingerprint density at radius 1 is 1.50 bits per heavy atom. The van der Waals surface area contributed by atoms with Gasteiger partial charge in [0.05, 0.1) is 17.0 Å². The van der Waals surface area contributed by atoms with Crippen LogP contribution in [0.5, 0.6) is 5.75 Å². The second-order valence-corrected chi connectivity index (χ2v) is 4.48. The fourth-order valence-electron chi connectivity index (χ4n) is 1.58. The van der Waals surface area contributed by atoms with Gasteiger partial charge in [-0.1, -0.05) is 6.07 Å². The van der Waals surface area contributed by atoms with E-state index in [1.807, 2.05) is 18.2 Å². The molecule has 1 aliphatic carbocycles. The summed E-state index contributed by atoms with van der Waals surface area (Å²) in [6.07, 6.45) is 2.97. The first-order valence-electron chi connectivity index (χ1n) is 4.52. The molecule has 0 spiro atoms. The van der Waals surface area contributed by atoms with Crippen LogP contribution in [0.15, 0.2) is 22.7 Å². The molecule has 2 rings (SSSR count). The van der Waals surface area contributed by atoms with Gasteiger partial charge in [0.25, 0.3) is 0 Å². The van der Waals surface area contributed by atoms with Crippen LogP contribution in [0, 0.1) is 0 Å². The summed E-state index contributed by atoms with van der Waals surface area (Å²) in [7, 11) is 1.63. The van der Waals surface area contributed by atoms with Gasteiger partial charge >= 0.3 is 0 Å². The van der Waals surface area contributed by atoms with Crippen molar-refractivity contribution in [2.75, 3.05) is 7.11 Å². The van der Waals surface area contributed by atoms with Crippen molar-refractivity contribution in [2.24, 2.45) is 0 Å². The first kappa shape index (κ1) is 9.71. The average molecular weight is 255 g/mol. The van der Waals surface area contributed by atoms with Crippen LogP contribution in [-0.2, 0) is 10.2 Å². The van der Waals surface area contributed by atoms with Crippen molar-refractivity contribution < 1.29 is 9.53 Å². The predicted octanol–water partition coefficient (Wildman–Crippen LogP) is 2.69. The predicted molar refractivity (Wildman–Crippen MR) is 57.7 cm³/mol. The van der Waals surface area contributed by atoms with Crippen molar-refractivity contribution in [3.63, 3.8) is 0 Å². The van der Waals surface area contributed by atoms with Gasteiger partial charge in [-0.2, -0.15) is 0 Å². The molecule has 1 fully saturated rings. The number of hydrogen-bond acceptors (Lipinski definition) is 2. The standard InChI is InChI=1S/C11H11BrO2/c1-14-10-6-8(2-3-9(10)12)11(7-13)4-5-11/h2-3,6-7H,4-5H2,1H3. The SMILES string of the molecule is COc1cc(C2(C=O)CC2)ccc1Br. The summed E-state index contributed by atoms with van der Waals surface area (Å²) in [5.74, 6) is 0.788. The Balaban J connectivity index is 2.41. The van der Waals surface area contributed by atoms with Crippen molar-refractivity contribution >= 4 is 22.2 Å². The zero-order chi connectivity index (χ0) is 10.2. The third-order valence-corrected chi connectivity index (χ3v) is 3.40. The Bertz CT molecular complexity index is 370. The average Bonchev–Trinajstić information content (AvgIpc) is 2.99. The summed E-state index contributed by atoms with van der Waals surface area (Å²) in [4.78, 5) is 10.9. The molecule has 0 bridgehead atoms. The molecule has 0 aliphatic heterocycles. The lowest BCUT2D eigenvalue weighted by atomic mass is 9.98. The van der Waals surface area contributed by atoms with E-state index in [1.165, 1.54) is 0 Å². The molecule has 74 valence electrons. The van der Waals surface area contributed by atoms with E-state index in [0.717, 1.165) is 34.9 Å². The van der Waals surface area contributed by atoms with Crippen LogP contribution in [0.25, 0.3) is 0 Å². The highest BCUT2D eigenvalue weighted by Crippen LogP contribution is 2.47. The highest BCUT2D eigenvalue weighted by Gasteiger charge is 2.44. The summed E-state index contributed by atoms with van der Waals surface area (Å²) in [6.45, 7) is 0. The monoisotopic (exact) mass is 254 g/mol. The number of hydrogen-bond donors (Lipinski definition) is 0. The van der Waals surface area contributed by atoms with Crippen molar-refractivity contribution in [3.05, 3.63) is 28.2 Å². The molecule has 0 N–H and O–H groups in total. The summed E-state index contributed by atoms with van der Waals surface area (Å²) >= 11 is 3.39. The molecule has 14 heavy (non-hydrogen) atoms. The quantitative estimate of drug-likeness (QED) is 0.776. The van der Waals surface area contributed by atoms with Crippen LogP contribution in [0.1, 0.15) is 18.4 Å². The molecule has 2 nitrogen and oxygen atoms in total. The van der Waals surface area contributed by atoms with Gasteiger partial charge in [-0.15, -0.1) is 0 Å². The van der Waals surface area contributed by atoms with Crippen LogP contribution in [0.4, 0.5) is 0 Å². The van der Waals surface area contributed by atoms with E-state index >= 15 is 0 Å². The van der Waals surface area contributed by atoms with Crippen molar-refractivity contribution in [2.45, 2.75) is 18.3 Å². The van der Waals surface area contributed by atoms with Crippen LogP contribution < -0.4 is 4.74 Å². The minimum Gasteiger partial charge on any atom is -0.496 e. The molecular formula is C11H11BrO2. The number of aldehydes is 1. The van der Waals surface area contributed by atoms with E-state index in [4.69, 9.17) is 4.74 Å². The Hall–Kier alpha value is -0.830. The van der Waals surface area contributed by atoms with Crippen molar-refractivity contribution in [1.82, 2.24) is 0 Å². The van der Waals surface area contributed by atoms with E-state index < -0.39 is 0 Å². The maximum Gasteiger partial charge on any atom is 0.133 e. The lowest BCUT2D eigenvalue weighted by Crippen LogP contribution is -2.07. The number of rotatable bonds is 3. The number of benzene rings is 1. The molecule has 0 aromatic heterocycles.